The Labute approximate surface area is 91.8 Å². The zero-order valence-electron chi connectivity index (χ0n) is 8.60. The topological polar surface area (TPSA) is 78.8 Å². The molecule has 2 rings (SSSR count). The van der Waals surface area contributed by atoms with Crippen molar-refractivity contribution in [2.24, 2.45) is 5.10 Å². The number of nitrogens with one attached hydrogen (secondary N) is 1. The highest BCUT2D eigenvalue weighted by Crippen LogP contribution is 2.24. The largest absolute Gasteiger partial charge is 0.478 e. The van der Waals surface area contributed by atoms with Gasteiger partial charge < -0.3 is 5.11 Å². The van der Waals surface area contributed by atoms with Crippen LogP contribution in [0.3, 0.4) is 0 Å². The van der Waals surface area contributed by atoms with E-state index in [-0.39, 0.29) is 11.5 Å². The monoisotopic (exact) mass is 218 g/mol. The summed E-state index contributed by atoms with van der Waals surface area (Å²) in [5.74, 6) is -1.92. The van der Waals surface area contributed by atoms with E-state index in [1.807, 2.05) is 0 Å². The van der Waals surface area contributed by atoms with Crippen LogP contribution in [0.2, 0.25) is 0 Å². The van der Waals surface area contributed by atoms with Crippen LogP contribution in [-0.2, 0) is 4.79 Å². The summed E-state index contributed by atoms with van der Waals surface area (Å²) in [5, 5.41) is 12.8. The highest BCUT2D eigenvalue weighted by atomic mass is 16.4. The molecule has 2 N–H and O–H groups in total. The maximum Gasteiger partial charge on any atom is 0.336 e. The number of carbonyl (C=O) groups excluding carboxylic acids is 1. The van der Waals surface area contributed by atoms with E-state index in [1.54, 1.807) is 25.1 Å². The molecule has 0 aliphatic carbocycles. The lowest BCUT2D eigenvalue weighted by atomic mass is 9.91. The van der Waals surface area contributed by atoms with Gasteiger partial charge >= 0.3 is 5.97 Å². The molecule has 0 saturated heterocycles. The molecule has 0 radical (unpaired) electrons. The van der Waals surface area contributed by atoms with Crippen molar-refractivity contribution in [3.63, 3.8) is 0 Å². The van der Waals surface area contributed by atoms with Crippen LogP contribution in [0.15, 0.2) is 29.4 Å². The smallest absolute Gasteiger partial charge is 0.336 e. The fraction of sp³-hybridized carbons (Fsp3) is 0.182. The molecule has 1 amide bonds. The number of hydrogen-bond donors (Lipinski definition) is 2. The molecule has 5 heteroatoms. The van der Waals surface area contributed by atoms with Crippen LogP contribution in [0.4, 0.5) is 0 Å². The fourth-order valence-corrected chi connectivity index (χ4v) is 1.77. The number of nitrogens with zero attached hydrogens (tertiary/aromatic N) is 1. The number of hydrogen-bond acceptors (Lipinski definition) is 3. The molecule has 1 heterocycles. The third-order valence-corrected chi connectivity index (χ3v) is 2.52. The van der Waals surface area contributed by atoms with E-state index in [4.69, 9.17) is 5.11 Å². The lowest BCUT2D eigenvalue weighted by Crippen LogP contribution is -2.22. The molecule has 1 unspecified atom stereocenters. The Morgan fingerprint density at radius 3 is 2.69 bits per heavy atom. The first-order valence-electron chi connectivity index (χ1n) is 4.77. The lowest BCUT2D eigenvalue weighted by Gasteiger charge is -2.10. The Balaban J connectivity index is 2.52. The molecular formula is C11H10N2O3. The second-order valence-electron chi connectivity index (χ2n) is 3.55. The SMILES string of the molecule is CC1=NNC(=O)C1c1ccccc1C(=O)O. The third-order valence-electron chi connectivity index (χ3n) is 2.52. The Kier molecular flexibility index (Phi) is 2.44. The van der Waals surface area contributed by atoms with Gasteiger partial charge in [-0.2, -0.15) is 5.10 Å². The van der Waals surface area contributed by atoms with Crippen LogP contribution in [0, 0.1) is 0 Å². The van der Waals surface area contributed by atoms with Crippen molar-refractivity contribution in [1.82, 2.24) is 5.43 Å². The number of rotatable bonds is 2. The van der Waals surface area contributed by atoms with Crippen molar-refractivity contribution >= 4 is 17.6 Å². The van der Waals surface area contributed by atoms with Gasteiger partial charge in [0.2, 0.25) is 0 Å². The summed E-state index contributed by atoms with van der Waals surface area (Å²) in [6, 6.07) is 6.46. The van der Waals surface area contributed by atoms with Gasteiger partial charge in [-0.1, -0.05) is 18.2 Å². The Hall–Kier alpha value is -2.17. The highest BCUT2D eigenvalue weighted by Gasteiger charge is 2.31. The third kappa shape index (κ3) is 1.56. The molecule has 1 aromatic rings. The average molecular weight is 218 g/mol. The van der Waals surface area contributed by atoms with Crippen molar-refractivity contribution in [2.45, 2.75) is 12.8 Å². The van der Waals surface area contributed by atoms with E-state index in [0.29, 0.717) is 11.3 Å². The van der Waals surface area contributed by atoms with E-state index in [9.17, 15) is 9.59 Å². The van der Waals surface area contributed by atoms with Gasteiger partial charge in [-0.05, 0) is 18.6 Å². The van der Waals surface area contributed by atoms with Crippen LogP contribution >= 0.6 is 0 Å². The second-order valence-corrected chi connectivity index (χ2v) is 3.55. The van der Waals surface area contributed by atoms with E-state index in [1.165, 1.54) is 6.07 Å². The molecule has 0 spiro atoms. The summed E-state index contributed by atoms with van der Waals surface area (Å²) >= 11 is 0. The van der Waals surface area contributed by atoms with Crippen molar-refractivity contribution in [1.29, 1.82) is 0 Å². The van der Waals surface area contributed by atoms with E-state index in [2.05, 4.69) is 10.5 Å². The van der Waals surface area contributed by atoms with Gasteiger partial charge in [-0.25, -0.2) is 10.2 Å². The Morgan fingerprint density at radius 1 is 1.44 bits per heavy atom. The minimum Gasteiger partial charge on any atom is -0.478 e. The molecule has 82 valence electrons. The number of hydrazone groups is 1. The van der Waals surface area contributed by atoms with E-state index >= 15 is 0 Å². The van der Waals surface area contributed by atoms with Crippen LogP contribution < -0.4 is 5.43 Å². The number of carboxylic acid groups (broad SMARTS) is 1. The van der Waals surface area contributed by atoms with Crippen LogP contribution in [0.25, 0.3) is 0 Å². The first kappa shape index (κ1) is 10.4. The number of aromatic carboxylic acids is 1. The number of amides is 1. The van der Waals surface area contributed by atoms with Gasteiger partial charge in [-0.15, -0.1) is 0 Å². The molecular weight excluding hydrogens is 208 g/mol. The van der Waals surface area contributed by atoms with Crippen LogP contribution in [0.5, 0.6) is 0 Å². The lowest BCUT2D eigenvalue weighted by molar-refractivity contribution is -0.120. The highest BCUT2D eigenvalue weighted by molar-refractivity contribution is 6.13. The Bertz CT molecular complexity index is 494. The maximum absolute atomic E-state index is 11.5. The zero-order chi connectivity index (χ0) is 11.7. The van der Waals surface area contributed by atoms with Gasteiger partial charge in [-0.3, -0.25) is 4.79 Å². The fourth-order valence-electron chi connectivity index (χ4n) is 1.77. The predicted octanol–water partition coefficient (Wildman–Crippen LogP) is 0.974. The molecule has 0 fully saturated rings. The maximum atomic E-state index is 11.5. The van der Waals surface area contributed by atoms with Crippen LogP contribution in [-0.4, -0.2) is 22.7 Å². The summed E-state index contributed by atoms with van der Waals surface area (Å²) < 4.78 is 0. The molecule has 1 aromatic carbocycles. The van der Waals surface area contributed by atoms with Crippen LogP contribution in [0.1, 0.15) is 28.8 Å². The summed E-state index contributed by atoms with van der Waals surface area (Å²) in [4.78, 5) is 22.6. The van der Waals surface area contributed by atoms with Crippen molar-refractivity contribution in [2.75, 3.05) is 0 Å². The number of carbonyl (C=O) groups is 2. The predicted molar refractivity (Wildman–Crippen MR) is 57.4 cm³/mol. The van der Waals surface area contributed by atoms with E-state index < -0.39 is 11.9 Å². The van der Waals surface area contributed by atoms with Gasteiger partial charge in [0.05, 0.1) is 11.3 Å². The molecule has 0 aromatic heterocycles. The molecule has 1 aliphatic rings. The number of benzene rings is 1. The van der Waals surface area contributed by atoms with Gasteiger partial charge in [0, 0.05) is 0 Å². The quantitative estimate of drug-likeness (QED) is 0.776. The van der Waals surface area contributed by atoms with Crippen molar-refractivity contribution in [3.8, 4) is 0 Å². The molecule has 1 atom stereocenters. The summed E-state index contributed by atoms with van der Waals surface area (Å²) in [5.41, 5.74) is 3.54. The first-order chi connectivity index (χ1) is 7.61. The Morgan fingerprint density at radius 2 is 2.12 bits per heavy atom. The first-order valence-corrected chi connectivity index (χ1v) is 4.77. The standard InChI is InChI=1S/C11H10N2O3/c1-6-9(10(14)13-12-6)7-4-2-3-5-8(7)11(15)16/h2-5,9H,1H3,(H,13,14)(H,15,16). The summed E-state index contributed by atoms with van der Waals surface area (Å²) in [7, 11) is 0. The molecule has 16 heavy (non-hydrogen) atoms. The average Bonchev–Trinajstić information content (AvgIpc) is 2.58. The summed E-state index contributed by atoms with van der Waals surface area (Å²) in [6.07, 6.45) is 0. The van der Waals surface area contributed by atoms with E-state index in [0.717, 1.165) is 0 Å². The molecule has 0 saturated carbocycles. The van der Waals surface area contributed by atoms with Crippen molar-refractivity contribution < 1.29 is 14.7 Å². The van der Waals surface area contributed by atoms with Crippen molar-refractivity contribution in [3.05, 3.63) is 35.4 Å². The summed E-state index contributed by atoms with van der Waals surface area (Å²) in [6.45, 7) is 1.70. The van der Waals surface area contributed by atoms with Gasteiger partial charge in [0.15, 0.2) is 0 Å². The molecule has 1 aliphatic heterocycles. The van der Waals surface area contributed by atoms with Gasteiger partial charge in [0.25, 0.3) is 5.91 Å². The molecule has 5 nitrogen and oxygen atoms in total. The second kappa shape index (κ2) is 3.77. The molecule has 0 bridgehead atoms. The zero-order valence-corrected chi connectivity index (χ0v) is 8.60. The minimum atomic E-state index is -1.04. The number of carboxylic acids is 1. The normalized spacial score (nSPS) is 19.2. The minimum absolute atomic E-state index is 0.138. The van der Waals surface area contributed by atoms with Gasteiger partial charge in [0.1, 0.15) is 5.92 Å².